The highest BCUT2D eigenvalue weighted by Crippen LogP contribution is 2.60. The fraction of sp³-hybridized carbons (Fsp3) is 0.381. The number of hydrogen-bond donors (Lipinski definition) is 2. The molecule has 3 aliphatic carbocycles. The molecule has 2 N–H and O–H groups in total. The highest BCUT2D eigenvalue weighted by atomic mass is 16.5. The molecular formula is C42H46N2O13. The molecule has 1 fully saturated rings. The SMILES string of the molecule is COc1cc(/C=C/C(=O)OCCCN(C)CCCOC(=O)CCN2C(=O)C3C4c5ccccc5C(c5ccccc54)C3C2=O)cc(OC)c1OC.O=C(O)C(=O)O. The minimum Gasteiger partial charge on any atom is -0.493 e. The molecule has 2 atom stereocenters. The van der Waals surface area contributed by atoms with Crippen LogP contribution in [-0.4, -0.2) is 117 Å². The number of nitrogens with zero attached hydrogens (tertiary/aromatic N) is 2. The lowest BCUT2D eigenvalue weighted by Crippen LogP contribution is -2.41. The number of likely N-dealkylation sites (tertiary alicyclic amines) is 1. The van der Waals surface area contributed by atoms with Crippen LogP contribution in [0.4, 0.5) is 0 Å². The molecule has 57 heavy (non-hydrogen) atoms. The summed E-state index contributed by atoms with van der Waals surface area (Å²) in [4.78, 5) is 73.8. The molecule has 1 saturated heterocycles. The van der Waals surface area contributed by atoms with Gasteiger partial charge in [-0.3, -0.25) is 19.3 Å². The second kappa shape index (κ2) is 19.1. The Bertz CT molecular complexity index is 1880. The third-order valence-corrected chi connectivity index (χ3v) is 10.2. The molecule has 15 heteroatoms. The Hall–Kier alpha value is -6.22. The van der Waals surface area contributed by atoms with Crippen LogP contribution in [0.15, 0.2) is 66.7 Å². The van der Waals surface area contributed by atoms with E-state index in [0.717, 1.165) is 22.3 Å². The predicted molar refractivity (Wildman–Crippen MR) is 204 cm³/mol. The minimum absolute atomic E-state index is 0.0198. The molecule has 0 spiro atoms. The lowest BCUT2D eigenvalue weighted by atomic mass is 9.55. The van der Waals surface area contributed by atoms with Crippen molar-refractivity contribution in [2.75, 3.05) is 61.2 Å². The normalized spacial score (nSPS) is 18.6. The van der Waals surface area contributed by atoms with Crippen LogP contribution in [0.1, 0.15) is 58.9 Å². The van der Waals surface area contributed by atoms with Gasteiger partial charge < -0.3 is 38.8 Å². The first kappa shape index (κ1) is 41.9. The largest absolute Gasteiger partial charge is 0.493 e. The van der Waals surface area contributed by atoms with E-state index in [1.165, 1.54) is 32.3 Å². The van der Waals surface area contributed by atoms with Crippen molar-refractivity contribution in [3.8, 4) is 17.2 Å². The quantitative estimate of drug-likeness (QED) is 0.0696. The number of rotatable bonds is 16. The molecule has 302 valence electrons. The highest BCUT2D eigenvalue weighted by Gasteiger charge is 2.61. The number of hydrogen-bond acceptors (Lipinski definition) is 12. The van der Waals surface area contributed by atoms with Crippen LogP contribution in [0.5, 0.6) is 17.2 Å². The van der Waals surface area contributed by atoms with E-state index in [4.69, 9.17) is 43.5 Å². The lowest BCUT2D eigenvalue weighted by Gasteiger charge is -2.45. The summed E-state index contributed by atoms with van der Waals surface area (Å²) in [6.45, 7) is 1.87. The van der Waals surface area contributed by atoms with Crippen LogP contribution in [0.3, 0.4) is 0 Å². The maximum Gasteiger partial charge on any atom is 0.414 e. The Labute approximate surface area is 329 Å². The average Bonchev–Trinajstić information content (AvgIpc) is 3.47. The van der Waals surface area contributed by atoms with Crippen molar-refractivity contribution < 1.29 is 62.7 Å². The molecule has 2 unspecified atom stereocenters. The fourth-order valence-corrected chi connectivity index (χ4v) is 7.78. The van der Waals surface area contributed by atoms with Crippen molar-refractivity contribution >= 4 is 41.8 Å². The molecular weight excluding hydrogens is 740 g/mol. The Kier molecular flexibility index (Phi) is 14.0. The number of carboxylic acid groups (broad SMARTS) is 2. The van der Waals surface area contributed by atoms with Gasteiger partial charge in [0.2, 0.25) is 17.6 Å². The van der Waals surface area contributed by atoms with Gasteiger partial charge in [-0.05, 0) is 65.9 Å². The van der Waals surface area contributed by atoms with Crippen molar-refractivity contribution in [1.29, 1.82) is 0 Å². The van der Waals surface area contributed by atoms with Crippen LogP contribution >= 0.6 is 0 Å². The van der Waals surface area contributed by atoms with Crippen molar-refractivity contribution in [1.82, 2.24) is 9.80 Å². The zero-order valence-corrected chi connectivity index (χ0v) is 32.2. The number of carbonyl (C=O) groups is 6. The predicted octanol–water partition coefficient (Wildman–Crippen LogP) is 3.96. The molecule has 7 rings (SSSR count). The molecule has 2 amide bonds. The molecule has 0 aromatic heterocycles. The Morgan fingerprint density at radius 3 is 1.60 bits per heavy atom. The molecule has 2 bridgehead atoms. The average molecular weight is 787 g/mol. The van der Waals surface area contributed by atoms with Crippen LogP contribution in [0.2, 0.25) is 0 Å². The van der Waals surface area contributed by atoms with Gasteiger partial charge >= 0.3 is 23.9 Å². The van der Waals surface area contributed by atoms with Crippen molar-refractivity contribution in [3.05, 3.63) is 94.6 Å². The molecule has 3 aromatic rings. The molecule has 4 aliphatic rings. The smallest absolute Gasteiger partial charge is 0.414 e. The molecule has 1 heterocycles. The van der Waals surface area contributed by atoms with Gasteiger partial charge in [0, 0.05) is 37.5 Å². The molecule has 1 aliphatic heterocycles. The first-order chi connectivity index (χ1) is 27.4. The van der Waals surface area contributed by atoms with E-state index >= 15 is 0 Å². The van der Waals surface area contributed by atoms with Crippen LogP contribution in [0, 0.1) is 11.8 Å². The van der Waals surface area contributed by atoms with Crippen LogP contribution < -0.4 is 14.2 Å². The van der Waals surface area contributed by atoms with E-state index in [2.05, 4.69) is 29.2 Å². The lowest BCUT2D eigenvalue weighted by molar-refractivity contribution is -0.159. The van der Waals surface area contributed by atoms with Crippen LogP contribution in [0.25, 0.3) is 6.08 Å². The number of esters is 2. The summed E-state index contributed by atoms with van der Waals surface area (Å²) >= 11 is 0. The van der Waals surface area contributed by atoms with Gasteiger partial charge in [-0.25, -0.2) is 14.4 Å². The summed E-state index contributed by atoms with van der Waals surface area (Å²) in [6.07, 6.45) is 4.18. The number of methoxy groups -OCH3 is 3. The van der Waals surface area contributed by atoms with E-state index in [1.807, 2.05) is 31.3 Å². The van der Waals surface area contributed by atoms with Gasteiger partial charge in [-0.2, -0.15) is 0 Å². The van der Waals surface area contributed by atoms with Gasteiger partial charge in [0.15, 0.2) is 11.5 Å². The summed E-state index contributed by atoms with van der Waals surface area (Å²) in [7, 11) is 6.52. The van der Waals surface area contributed by atoms with Crippen LogP contribution in [-0.2, 0) is 38.2 Å². The Balaban J connectivity index is 0.000000959. The van der Waals surface area contributed by atoms with Gasteiger partial charge in [0.1, 0.15) is 0 Å². The third kappa shape index (κ3) is 9.43. The second-order valence-corrected chi connectivity index (χ2v) is 13.6. The third-order valence-electron chi connectivity index (χ3n) is 10.2. The van der Waals surface area contributed by atoms with E-state index in [9.17, 15) is 19.2 Å². The van der Waals surface area contributed by atoms with E-state index in [-0.39, 0.29) is 49.8 Å². The zero-order valence-electron chi connectivity index (χ0n) is 32.2. The van der Waals surface area contributed by atoms with E-state index in [1.54, 1.807) is 18.2 Å². The monoisotopic (exact) mass is 786 g/mol. The van der Waals surface area contributed by atoms with Crippen molar-refractivity contribution in [2.24, 2.45) is 11.8 Å². The highest BCUT2D eigenvalue weighted by molar-refractivity contribution is 6.27. The maximum absolute atomic E-state index is 13.7. The van der Waals surface area contributed by atoms with Crippen molar-refractivity contribution in [3.63, 3.8) is 0 Å². The summed E-state index contributed by atoms with van der Waals surface area (Å²) in [5, 5.41) is 14.8. The summed E-state index contributed by atoms with van der Waals surface area (Å²) < 4.78 is 26.8. The maximum atomic E-state index is 13.7. The number of benzene rings is 3. The topological polar surface area (TPSA) is 196 Å². The number of imide groups is 1. The standard InChI is InChI=1S/C40H44N2O9.C2H2O4/c1-41(18-9-21-50-32(43)16-15-25-23-30(47-2)38(49-4)31(24-25)48-3)19-10-22-51-33(44)17-20-42-39(45)36-34-26-11-5-6-12-27(26)35(37(36)40(42)46)29-14-8-7-13-28(29)34;3-1(4)2(5)6/h5-8,11-16,23-24,34-37H,9-10,17-22H2,1-4H3;(H,3,4)(H,5,6)/b16-15+;. The number of ether oxygens (including phenoxy) is 5. The number of aliphatic carboxylic acids is 2. The van der Waals surface area contributed by atoms with Gasteiger partial charge in [-0.15, -0.1) is 0 Å². The Morgan fingerprint density at radius 2 is 1.18 bits per heavy atom. The molecule has 0 saturated carbocycles. The minimum atomic E-state index is -1.82. The summed E-state index contributed by atoms with van der Waals surface area (Å²) in [5.41, 5.74) is 5.19. The van der Waals surface area contributed by atoms with Gasteiger partial charge in [-0.1, -0.05) is 48.5 Å². The number of carbonyl (C=O) groups excluding carboxylic acids is 4. The zero-order chi connectivity index (χ0) is 41.2. The first-order valence-corrected chi connectivity index (χ1v) is 18.4. The second-order valence-electron chi connectivity index (χ2n) is 13.6. The Morgan fingerprint density at radius 1 is 0.719 bits per heavy atom. The van der Waals surface area contributed by atoms with E-state index < -0.39 is 35.7 Å². The van der Waals surface area contributed by atoms with Gasteiger partial charge in [0.05, 0.1) is 52.8 Å². The van der Waals surface area contributed by atoms with Gasteiger partial charge in [0.25, 0.3) is 0 Å². The number of amides is 2. The first-order valence-electron chi connectivity index (χ1n) is 18.4. The van der Waals surface area contributed by atoms with E-state index in [0.29, 0.717) is 48.7 Å². The fourth-order valence-electron chi connectivity index (χ4n) is 7.78. The summed E-state index contributed by atoms with van der Waals surface area (Å²) in [5.74, 6) is -4.73. The summed E-state index contributed by atoms with van der Waals surface area (Å²) in [6, 6.07) is 19.7. The number of carboxylic acids is 2. The molecule has 3 aromatic carbocycles. The van der Waals surface area contributed by atoms with Crippen molar-refractivity contribution in [2.45, 2.75) is 31.1 Å². The molecule has 15 nitrogen and oxygen atoms in total. The molecule has 0 radical (unpaired) electrons.